The summed E-state index contributed by atoms with van der Waals surface area (Å²) in [5, 5.41) is 15.2. The molecule has 0 unspecified atom stereocenters. The lowest BCUT2D eigenvalue weighted by Crippen LogP contribution is -2.17. The number of aryl methyl sites for hydroxylation is 1. The van der Waals surface area contributed by atoms with Crippen molar-refractivity contribution in [3.05, 3.63) is 71.8 Å². The molecule has 4 aromatic rings. The standard InChI is InChI=1S/C24H16F6N4O4/c1-12-17(22(35)36)10-11-18-19(12)34-21(32-14-4-8-16(9-5-14)38-24(28,29)30)20(33-18)31-13-2-6-15(7-3-13)37-23(25,26)27/h2-11H,1H3,(H,31,33)(H,32,34)(H,35,36). The Morgan fingerprint density at radius 2 is 1.18 bits per heavy atom. The predicted octanol–water partition coefficient (Wildman–Crippen LogP) is 6.92. The Morgan fingerprint density at radius 3 is 1.61 bits per heavy atom. The molecule has 0 aliphatic carbocycles. The van der Waals surface area contributed by atoms with Gasteiger partial charge in [0, 0.05) is 11.4 Å². The van der Waals surface area contributed by atoms with Gasteiger partial charge < -0.3 is 25.2 Å². The summed E-state index contributed by atoms with van der Waals surface area (Å²) in [6.45, 7) is 1.54. The number of alkyl halides is 6. The average molecular weight is 538 g/mol. The summed E-state index contributed by atoms with van der Waals surface area (Å²) in [4.78, 5) is 20.5. The van der Waals surface area contributed by atoms with Gasteiger partial charge in [-0.15, -0.1) is 26.3 Å². The van der Waals surface area contributed by atoms with E-state index in [1.165, 1.54) is 36.4 Å². The minimum absolute atomic E-state index is 0.00707. The molecule has 0 saturated heterocycles. The first-order valence-electron chi connectivity index (χ1n) is 10.6. The quantitative estimate of drug-likeness (QED) is 0.218. The van der Waals surface area contributed by atoms with E-state index in [9.17, 15) is 36.2 Å². The summed E-state index contributed by atoms with van der Waals surface area (Å²) >= 11 is 0. The van der Waals surface area contributed by atoms with Crippen LogP contribution < -0.4 is 20.1 Å². The van der Waals surface area contributed by atoms with Crippen LogP contribution in [-0.4, -0.2) is 33.8 Å². The Morgan fingerprint density at radius 1 is 0.737 bits per heavy atom. The number of fused-ring (bicyclic) bond motifs is 1. The number of ether oxygens (including phenoxy) is 2. The minimum Gasteiger partial charge on any atom is -0.478 e. The van der Waals surface area contributed by atoms with E-state index in [0.29, 0.717) is 16.8 Å². The van der Waals surface area contributed by atoms with Gasteiger partial charge in [-0.1, -0.05) is 0 Å². The third kappa shape index (κ3) is 6.52. The molecule has 0 radical (unpaired) electrons. The molecule has 198 valence electrons. The number of hydrogen-bond donors (Lipinski definition) is 3. The Hall–Kier alpha value is -4.75. The van der Waals surface area contributed by atoms with Crippen LogP contribution in [0.1, 0.15) is 15.9 Å². The number of aromatic carboxylic acids is 1. The predicted molar refractivity (Wildman–Crippen MR) is 124 cm³/mol. The molecule has 0 aliphatic rings. The van der Waals surface area contributed by atoms with Gasteiger partial charge >= 0.3 is 18.7 Å². The molecule has 0 spiro atoms. The number of rotatable bonds is 7. The minimum atomic E-state index is -4.87. The van der Waals surface area contributed by atoms with Crippen LogP contribution in [0.3, 0.4) is 0 Å². The molecule has 1 heterocycles. The molecule has 0 fully saturated rings. The number of aromatic nitrogens is 2. The summed E-state index contributed by atoms with van der Waals surface area (Å²) in [5.41, 5.74) is 1.46. The van der Waals surface area contributed by atoms with Crippen molar-refractivity contribution in [2.24, 2.45) is 0 Å². The molecular weight excluding hydrogens is 522 g/mol. The first kappa shape index (κ1) is 26.3. The first-order valence-corrected chi connectivity index (χ1v) is 10.6. The van der Waals surface area contributed by atoms with Crippen LogP contribution in [-0.2, 0) is 0 Å². The maximum Gasteiger partial charge on any atom is 0.573 e. The van der Waals surface area contributed by atoms with Gasteiger partial charge in [0.15, 0.2) is 11.6 Å². The maximum absolute atomic E-state index is 12.5. The van der Waals surface area contributed by atoms with E-state index >= 15 is 0 Å². The number of anilines is 4. The van der Waals surface area contributed by atoms with Crippen LogP contribution in [0.15, 0.2) is 60.7 Å². The molecule has 0 saturated carbocycles. The fourth-order valence-electron chi connectivity index (χ4n) is 3.41. The van der Waals surface area contributed by atoms with Crippen molar-refractivity contribution in [2.75, 3.05) is 10.6 Å². The molecule has 0 amide bonds. The largest absolute Gasteiger partial charge is 0.573 e. The zero-order valence-electron chi connectivity index (χ0n) is 19.1. The number of benzene rings is 3. The smallest absolute Gasteiger partial charge is 0.478 e. The average Bonchev–Trinajstić information content (AvgIpc) is 2.80. The lowest BCUT2D eigenvalue weighted by atomic mass is 10.1. The van der Waals surface area contributed by atoms with Crippen molar-refractivity contribution in [1.29, 1.82) is 0 Å². The zero-order valence-corrected chi connectivity index (χ0v) is 19.1. The van der Waals surface area contributed by atoms with Crippen molar-refractivity contribution in [1.82, 2.24) is 9.97 Å². The number of hydrogen-bond acceptors (Lipinski definition) is 7. The highest BCUT2D eigenvalue weighted by atomic mass is 19.4. The number of nitrogens with zero attached hydrogens (tertiary/aromatic N) is 2. The van der Waals surface area contributed by atoms with Gasteiger partial charge in [0.05, 0.1) is 16.6 Å². The van der Waals surface area contributed by atoms with Crippen LogP contribution in [0, 0.1) is 6.92 Å². The van der Waals surface area contributed by atoms with Gasteiger partial charge in [0.2, 0.25) is 0 Å². The summed E-state index contributed by atoms with van der Waals surface area (Å²) in [6.07, 6.45) is -9.72. The summed E-state index contributed by atoms with van der Waals surface area (Å²) < 4.78 is 82.4. The maximum atomic E-state index is 12.5. The van der Waals surface area contributed by atoms with E-state index < -0.39 is 30.2 Å². The van der Waals surface area contributed by atoms with E-state index in [0.717, 1.165) is 24.3 Å². The number of carbonyl (C=O) groups is 1. The van der Waals surface area contributed by atoms with Gasteiger partial charge in [-0.25, -0.2) is 14.8 Å². The van der Waals surface area contributed by atoms with E-state index in [1.54, 1.807) is 6.92 Å². The van der Waals surface area contributed by atoms with Gasteiger partial charge in [-0.05, 0) is 73.2 Å². The molecule has 3 N–H and O–H groups in total. The fourth-order valence-corrected chi connectivity index (χ4v) is 3.41. The number of carboxylic acid groups (broad SMARTS) is 1. The van der Waals surface area contributed by atoms with Crippen molar-refractivity contribution in [3.63, 3.8) is 0 Å². The Kier molecular flexibility index (Phi) is 6.89. The molecule has 0 aliphatic heterocycles. The monoisotopic (exact) mass is 538 g/mol. The summed E-state index contributed by atoms with van der Waals surface area (Å²) in [5.74, 6) is -1.91. The van der Waals surface area contributed by atoms with E-state index in [1.807, 2.05) is 0 Å². The molecule has 0 bridgehead atoms. The van der Waals surface area contributed by atoms with Crippen LogP contribution in [0.2, 0.25) is 0 Å². The van der Waals surface area contributed by atoms with E-state index in [4.69, 9.17) is 0 Å². The first-order chi connectivity index (χ1) is 17.8. The van der Waals surface area contributed by atoms with E-state index in [2.05, 4.69) is 30.1 Å². The second kappa shape index (κ2) is 9.95. The zero-order chi connectivity index (χ0) is 27.7. The van der Waals surface area contributed by atoms with Gasteiger partial charge in [0.25, 0.3) is 0 Å². The lowest BCUT2D eigenvalue weighted by Gasteiger charge is -2.16. The van der Waals surface area contributed by atoms with Crippen LogP contribution in [0.4, 0.5) is 49.4 Å². The van der Waals surface area contributed by atoms with Gasteiger partial charge in [-0.3, -0.25) is 0 Å². The second-order valence-corrected chi connectivity index (χ2v) is 7.73. The normalized spacial score (nSPS) is 11.8. The number of halogens is 6. The summed E-state index contributed by atoms with van der Waals surface area (Å²) in [6, 6.07) is 12.3. The van der Waals surface area contributed by atoms with Crippen LogP contribution in [0.5, 0.6) is 11.5 Å². The van der Waals surface area contributed by atoms with Crippen LogP contribution in [0.25, 0.3) is 11.0 Å². The highest BCUT2D eigenvalue weighted by molar-refractivity contribution is 5.96. The lowest BCUT2D eigenvalue weighted by molar-refractivity contribution is -0.275. The highest BCUT2D eigenvalue weighted by Crippen LogP contribution is 2.32. The topological polar surface area (TPSA) is 106 Å². The fraction of sp³-hybridized carbons (Fsp3) is 0.125. The van der Waals surface area contributed by atoms with E-state index in [-0.39, 0.29) is 28.4 Å². The Balaban J connectivity index is 1.71. The molecule has 1 aromatic heterocycles. The van der Waals surface area contributed by atoms with Gasteiger partial charge in [-0.2, -0.15) is 0 Å². The van der Waals surface area contributed by atoms with Crippen LogP contribution >= 0.6 is 0 Å². The Labute approximate surface area is 209 Å². The van der Waals surface area contributed by atoms with Crippen molar-refractivity contribution < 1.29 is 45.7 Å². The second-order valence-electron chi connectivity index (χ2n) is 7.73. The van der Waals surface area contributed by atoms with Crippen molar-refractivity contribution in [2.45, 2.75) is 19.6 Å². The molecule has 8 nitrogen and oxygen atoms in total. The SMILES string of the molecule is Cc1c(C(=O)O)ccc2nc(Nc3ccc(OC(F)(F)F)cc3)c(Nc3ccc(OC(F)(F)F)cc3)nc12. The van der Waals surface area contributed by atoms with Crippen molar-refractivity contribution in [3.8, 4) is 11.5 Å². The molecule has 14 heteroatoms. The molecule has 4 rings (SSSR count). The third-order valence-electron chi connectivity index (χ3n) is 5.02. The van der Waals surface area contributed by atoms with Crippen molar-refractivity contribution >= 4 is 40.0 Å². The Bertz CT molecular complexity index is 1470. The highest BCUT2D eigenvalue weighted by Gasteiger charge is 2.31. The third-order valence-corrected chi connectivity index (χ3v) is 5.02. The molecule has 38 heavy (non-hydrogen) atoms. The molecule has 0 atom stereocenters. The molecule has 3 aromatic carbocycles. The molecular formula is C24H16F6N4O4. The summed E-state index contributed by atoms with van der Waals surface area (Å²) in [7, 11) is 0. The number of nitrogens with one attached hydrogen (secondary N) is 2. The van der Waals surface area contributed by atoms with Gasteiger partial charge in [0.1, 0.15) is 11.5 Å². The number of carboxylic acids is 1.